The molecule has 7 rings (SSSR count). The van der Waals surface area contributed by atoms with E-state index in [1.165, 1.54) is 18.3 Å². The quantitative estimate of drug-likeness (QED) is 0.103. The summed E-state index contributed by atoms with van der Waals surface area (Å²) in [7, 11) is 0. The third-order valence-electron chi connectivity index (χ3n) is 11.1. The Morgan fingerprint density at radius 2 is 1.30 bits per heavy atom. The van der Waals surface area contributed by atoms with Crippen molar-refractivity contribution in [1.29, 1.82) is 0 Å². The second kappa shape index (κ2) is 16.5. The number of hydrogen-bond acceptors (Lipinski definition) is 6. The molecule has 4 N–H and O–H groups in total. The second-order valence-electron chi connectivity index (χ2n) is 14.3. The van der Waals surface area contributed by atoms with Gasteiger partial charge in [-0.05, 0) is 86.7 Å². The number of nitrogens with zero attached hydrogens (tertiary/aromatic N) is 5. The maximum Gasteiger partial charge on any atom is 0.405 e. The van der Waals surface area contributed by atoms with E-state index in [0.717, 1.165) is 25.9 Å². The summed E-state index contributed by atoms with van der Waals surface area (Å²) in [6.07, 6.45) is 4.72. The highest BCUT2D eigenvalue weighted by Crippen LogP contribution is 2.37. The fourth-order valence-corrected chi connectivity index (χ4v) is 8.13. The second-order valence-corrected chi connectivity index (χ2v) is 14.3. The van der Waals surface area contributed by atoms with Gasteiger partial charge < -0.3 is 30.2 Å². The molecule has 0 unspecified atom stereocenters. The Hall–Kier alpha value is -5.89. The lowest BCUT2D eigenvalue weighted by molar-refractivity contribution is -0.137. The lowest BCUT2D eigenvalue weighted by Gasteiger charge is -2.31. The molecule has 2 saturated heterocycles. The highest BCUT2D eigenvalue weighted by molar-refractivity contribution is 5.87. The molecule has 0 saturated carbocycles. The molecule has 2 aliphatic heterocycles. The maximum atomic E-state index is 15.7. The number of likely N-dealkylation sites (N-methyl/N-ethyl adjacent to an activating group) is 1. The van der Waals surface area contributed by atoms with Gasteiger partial charge in [-0.15, -0.1) is 0 Å². The number of imidazole rings is 2. The van der Waals surface area contributed by atoms with Gasteiger partial charge in [-0.25, -0.2) is 23.5 Å². The molecule has 4 heterocycles. The van der Waals surface area contributed by atoms with Crippen LogP contribution < -0.4 is 5.32 Å². The van der Waals surface area contributed by atoms with Gasteiger partial charge in [-0.3, -0.25) is 14.5 Å². The number of likely N-dealkylation sites (tertiary alicyclic amines) is 2. The highest BCUT2D eigenvalue weighted by Gasteiger charge is 2.38. The Labute approximate surface area is 324 Å². The average Bonchev–Trinajstić information content (AvgIpc) is 4.04. The van der Waals surface area contributed by atoms with E-state index in [1.54, 1.807) is 65.7 Å². The molecule has 4 atom stereocenters. The molecule has 2 fully saturated rings. The van der Waals surface area contributed by atoms with Crippen LogP contribution >= 0.6 is 0 Å². The summed E-state index contributed by atoms with van der Waals surface area (Å²) in [5.74, 6) is -0.280. The van der Waals surface area contributed by atoms with Crippen molar-refractivity contribution in [3.05, 3.63) is 108 Å². The lowest BCUT2D eigenvalue weighted by atomic mass is 10.00. The van der Waals surface area contributed by atoms with Crippen LogP contribution in [0.4, 0.5) is 13.6 Å². The van der Waals surface area contributed by atoms with Crippen molar-refractivity contribution < 1.29 is 28.3 Å². The monoisotopic (exact) mass is 764 g/mol. The molecule has 2 aromatic heterocycles. The van der Waals surface area contributed by atoms with Crippen molar-refractivity contribution in [3.63, 3.8) is 0 Å². The fourth-order valence-electron chi connectivity index (χ4n) is 8.13. The van der Waals surface area contributed by atoms with Crippen molar-refractivity contribution in [3.8, 4) is 33.6 Å². The molecule has 0 radical (unpaired) electrons. The molecule has 0 aliphatic carbocycles. The Morgan fingerprint density at radius 3 is 1.77 bits per heavy atom. The van der Waals surface area contributed by atoms with Gasteiger partial charge in [0.05, 0.1) is 41.9 Å². The number of H-pyrrole nitrogens is 2. The van der Waals surface area contributed by atoms with E-state index in [0.29, 0.717) is 71.2 Å². The summed E-state index contributed by atoms with van der Waals surface area (Å²) >= 11 is 0. The van der Waals surface area contributed by atoms with Crippen molar-refractivity contribution in [2.24, 2.45) is 0 Å². The van der Waals surface area contributed by atoms with E-state index in [2.05, 4.69) is 30.2 Å². The van der Waals surface area contributed by atoms with Crippen LogP contribution in [-0.4, -0.2) is 89.9 Å². The van der Waals surface area contributed by atoms with Gasteiger partial charge in [-0.1, -0.05) is 56.3 Å². The lowest BCUT2D eigenvalue weighted by Crippen LogP contribution is -2.46. The molecule has 14 heteroatoms. The third kappa shape index (κ3) is 7.65. The molecule has 3 aromatic carbocycles. The predicted octanol–water partition coefficient (Wildman–Crippen LogP) is 7.48. The van der Waals surface area contributed by atoms with E-state index in [-0.39, 0.29) is 23.6 Å². The summed E-state index contributed by atoms with van der Waals surface area (Å²) in [4.78, 5) is 59.8. The molecule has 0 bridgehead atoms. The molecule has 56 heavy (non-hydrogen) atoms. The van der Waals surface area contributed by atoms with Gasteiger partial charge >= 0.3 is 6.09 Å². The number of carboxylic acid groups (broad SMARTS) is 1. The van der Waals surface area contributed by atoms with E-state index in [4.69, 9.17) is 0 Å². The van der Waals surface area contributed by atoms with Crippen molar-refractivity contribution in [2.45, 2.75) is 70.6 Å². The standard InChI is InChI=1S/C42H46F2N8O4/c1-4-50(5-2)25(3)40(53)51-19-9-13-35(51)38-45-23-33(47-38)29-17-15-27(21-31(29)43)28-16-18-30(32(44)22-28)34-24-46-39(48-34)36-14-10-20-52(36)41(54)37(49-42(55)56)26-11-7-6-8-12-26/h6-8,11-12,15-18,21-25,35-37,49H,4-5,9-10,13-14,19-20H2,1-3H3,(H,45,47)(H,46,48)(H,55,56)/t25-,35+,36+,37-/m1/s1. The van der Waals surface area contributed by atoms with Crippen LogP contribution in [0.25, 0.3) is 33.6 Å². The topological polar surface area (TPSA) is 151 Å². The summed E-state index contributed by atoms with van der Waals surface area (Å²) in [6.45, 7) is 8.65. The van der Waals surface area contributed by atoms with Gasteiger partial charge in [-0.2, -0.15) is 0 Å². The van der Waals surface area contributed by atoms with Crippen molar-refractivity contribution >= 4 is 17.9 Å². The molecule has 292 valence electrons. The first-order valence-electron chi connectivity index (χ1n) is 19.2. The zero-order chi connectivity index (χ0) is 39.5. The van der Waals surface area contributed by atoms with Gasteiger partial charge in [0.1, 0.15) is 29.3 Å². The number of carbonyl (C=O) groups excluding carboxylic acids is 2. The number of nitrogens with one attached hydrogen (secondary N) is 3. The largest absolute Gasteiger partial charge is 0.465 e. The first-order valence-corrected chi connectivity index (χ1v) is 19.2. The fraction of sp³-hybridized carbons (Fsp3) is 0.357. The number of aromatic amines is 2. The van der Waals surface area contributed by atoms with Crippen LogP contribution in [0.1, 0.15) is 81.8 Å². The van der Waals surface area contributed by atoms with Gasteiger partial charge in [0.25, 0.3) is 5.91 Å². The number of halogens is 2. The minimum atomic E-state index is -1.31. The summed E-state index contributed by atoms with van der Waals surface area (Å²) in [6, 6.07) is 16.1. The normalized spacial score (nSPS) is 18.0. The Balaban J connectivity index is 1.05. The molecule has 3 amide bonds. The molecular formula is C42H46F2N8O4. The van der Waals surface area contributed by atoms with Crippen LogP contribution in [0.5, 0.6) is 0 Å². The molecule has 5 aromatic rings. The third-order valence-corrected chi connectivity index (χ3v) is 11.1. The highest BCUT2D eigenvalue weighted by atomic mass is 19.1. The molecule has 2 aliphatic rings. The van der Waals surface area contributed by atoms with Crippen molar-refractivity contribution in [2.75, 3.05) is 26.2 Å². The summed E-state index contributed by atoms with van der Waals surface area (Å²) in [5, 5.41) is 11.8. The predicted molar refractivity (Wildman–Crippen MR) is 207 cm³/mol. The van der Waals surface area contributed by atoms with Gasteiger partial charge in [0, 0.05) is 24.2 Å². The summed E-state index contributed by atoms with van der Waals surface area (Å²) < 4.78 is 31.4. The SMILES string of the molecule is CCN(CC)[C@H](C)C(=O)N1CCC[C@H]1c1ncc(-c2ccc(-c3ccc(-c4cnc([C@@H]5CCCN5C(=O)[C@H](NC(=O)O)c5ccccc5)[nH]4)c(F)c3)cc2F)[nH]1. The first kappa shape index (κ1) is 38.4. The molecule has 12 nitrogen and oxygen atoms in total. The molecular weight excluding hydrogens is 719 g/mol. The van der Waals surface area contributed by atoms with Crippen LogP contribution in [0.15, 0.2) is 79.1 Å². The van der Waals surface area contributed by atoms with E-state index in [9.17, 15) is 19.5 Å². The number of hydrogen-bond donors (Lipinski definition) is 4. The van der Waals surface area contributed by atoms with E-state index in [1.807, 2.05) is 25.7 Å². The van der Waals surface area contributed by atoms with E-state index < -0.39 is 35.7 Å². The zero-order valence-electron chi connectivity index (χ0n) is 31.6. The summed E-state index contributed by atoms with van der Waals surface area (Å²) in [5.41, 5.74) is 2.97. The molecule has 0 spiro atoms. The number of rotatable bonds is 12. The Kier molecular flexibility index (Phi) is 11.3. The Bertz CT molecular complexity index is 2200. The maximum absolute atomic E-state index is 15.7. The average molecular weight is 765 g/mol. The van der Waals surface area contributed by atoms with Gasteiger partial charge in [0.2, 0.25) is 5.91 Å². The van der Waals surface area contributed by atoms with Crippen LogP contribution in [0, 0.1) is 11.6 Å². The van der Waals surface area contributed by atoms with Crippen molar-refractivity contribution in [1.82, 2.24) is 40.0 Å². The smallest absolute Gasteiger partial charge is 0.405 e. The number of benzene rings is 3. The van der Waals surface area contributed by atoms with Crippen LogP contribution in [-0.2, 0) is 9.59 Å². The zero-order valence-corrected chi connectivity index (χ0v) is 31.6. The number of carbonyl (C=O) groups is 3. The Morgan fingerprint density at radius 1 is 0.804 bits per heavy atom. The van der Waals surface area contributed by atoms with E-state index >= 15 is 8.78 Å². The van der Waals surface area contributed by atoms with Crippen LogP contribution in [0.3, 0.4) is 0 Å². The minimum absolute atomic E-state index is 0.0628. The number of aromatic nitrogens is 4. The number of amides is 3. The minimum Gasteiger partial charge on any atom is -0.465 e. The van der Waals surface area contributed by atoms with Crippen LogP contribution in [0.2, 0.25) is 0 Å². The van der Waals surface area contributed by atoms with Gasteiger partial charge in [0.15, 0.2) is 0 Å². The first-order chi connectivity index (χ1) is 27.1.